The summed E-state index contributed by atoms with van der Waals surface area (Å²) in [6.45, 7) is 3.68. The van der Waals surface area contributed by atoms with Crippen molar-refractivity contribution in [1.29, 1.82) is 0 Å². The number of rotatable bonds is 2. The lowest BCUT2D eigenvalue weighted by Gasteiger charge is -1.95. The molecule has 4 nitrogen and oxygen atoms in total. The number of hydrogen-bond acceptors (Lipinski definition) is 3. The van der Waals surface area contributed by atoms with E-state index in [1.54, 1.807) is 4.68 Å². The first kappa shape index (κ1) is 10.5. The van der Waals surface area contributed by atoms with Gasteiger partial charge in [-0.1, -0.05) is 11.6 Å². The highest BCUT2D eigenvalue weighted by Crippen LogP contribution is 2.22. The first-order valence-corrected chi connectivity index (χ1v) is 5.27. The van der Waals surface area contributed by atoms with Crippen molar-refractivity contribution in [2.45, 2.75) is 19.7 Å². The Morgan fingerprint density at radius 1 is 1.47 bits per heavy atom. The third-order valence-corrected chi connectivity index (χ3v) is 2.88. The van der Waals surface area contributed by atoms with Gasteiger partial charge in [-0.25, -0.2) is 0 Å². The molecule has 0 radical (unpaired) electrons. The molecule has 0 aromatic carbocycles. The molecule has 2 aromatic heterocycles. The highest BCUT2D eigenvalue weighted by atomic mass is 35.5. The van der Waals surface area contributed by atoms with Crippen molar-refractivity contribution in [1.82, 2.24) is 14.8 Å². The minimum atomic E-state index is 0.316. The van der Waals surface area contributed by atoms with Crippen LogP contribution in [0.4, 0.5) is 0 Å². The Labute approximate surface area is 96.8 Å². The van der Waals surface area contributed by atoms with E-state index in [4.69, 9.17) is 27.6 Å². The molecule has 2 rings (SSSR count). The van der Waals surface area contributed by atoms with Crippen LogP contribution in [0.2, 0.25) is 5.02 Å². The maximum Gasteiger partial charge on any atom is 0.323 e. The summed E-state index contributed by atoms with van der Waals surface area (Å²) in [4.78, 5) is 4.16. The van der Waals surface area contributed by atoms with Gasteiger partial charge in [0, 0.05) is 0 Å². The molecule has 0 aliphatic carbocycles. The molecule has 0 aliphatic heterocycles. The van der Waals surface area contributed by atoms with Gasteiger partial charge in [0.1, 0.15) is 6.26 Å². The van der Waals surface area contributed by atoms with Gasteiger partial charge in [-0.2, -0.15) is 14.8 Å². The summed E-state index contributed by atoms with van der Waals surface area (Å²) >= 11 is 11.6. The van der Waals surface area contributed by atoms with E-state index in [2.05, 4.69) is 10.1 Å². The van der Waals surface area contributed by atoms with Gasteiger partial charge in [-0.05, 0) is 13.8 Å². The second kappa shape index (κ2) is 3.87. The first-order valence-electron chi connectivity index (χ1n) is 4.36. The summed E-state index contributed by atoms with van der Waals surface area (Å²) in [5.41, 5.74) is 2.23. The Morgan fingerprint density at radius 2 is 2.20 bits per heavy atom. The molecule has 0 saturated heterocycles. The normalized spacial score (nSPS) is 10.9. The molecule has 0 spiro atoms. The monoisotopic (exact) mass is 245 g/mol. The zero-order chi connectivity index (χ0) is 11.0. The molecule has 0 fully saturated rings. The number of nitrogens with zero attached hydrogens (tertiary/aromatic N) is 3. The summed E-state index contributed by atoms with van der Waals surface area (Å²) in [6.07, 6.45) is 1.51. The van der Waals surface area contributed by atoms with Crippen LogP contribution in [-0.2, 0) is 5.88 Å². The van der Waals surface area contributed by atoms with Crippen LogP contribution < -0.4 is 0 Å². The van der Waals surface area contributed by atoms with Crippen LogP contribution in [0.25, 0.3) is 6.01 Å². The van der Waals surface area contributed by atoms with Crippen LogP contribution >= 0.6 is 23.2 Å². The summed E-state index contributed by atoms with van der Waals surface area (Å²) in [5.74, 6) is 0.316. The summed E-state index contributed by atoms with van der Waals surface area (Å²) in [7, 11) is 0. The fourth-order valence-electron chi connectivity index (χ4n) is 1.26. The van der Waals surface area contributed by atoms with Gasteiger partial charge in [0.25, 0.3) is 0 Å². The molecule has 2 aromatic rings. The van der Waals surface area contributed by atoms with E-state index in [0.717, 1.165) is 11.4 Å². The molecule has 0 amide bonds. The number of aryl methyl sites for hydroxylation is 1. The van der Waals surface area contributed by atoms with Crippen molar-refractivity contribution in [3.63, 3.8) is 0 Å². The van der Waals surface area contributed by atoms with E-state index < -0.39 is 0 Å². The highest BCUT2D eigenvalue weighted by molar-refractivity contribution is 6.31. The van der Waals surface area contributed by atoms with Crippen LogP contribution in [0.1, 0.15) is 17.1 Å². The third kappa shape index (κ3) is 1.75. The lowest BCUT2D eigenvalue weighted by molar-refractivity contribution is 0.504. The van der Waals surface area contributed by atoms with Crippen LogP contribution in [0.5, 0.6) is 0 Å². The van der Waals surface area contributed by atoms with Crippen molar-refractivity contribution in [3.05, 3.63) is 28.4 Å². The molecule has 15 heavy (non-hydrogen) atoms. The third-order valence-electron chi connectivity index (χ3n) is 2.06. The Kier molecular flexibility index (Phi) is 2.71. The SMILES string of the molecule is Cc1nn(-c2nc(CCl)co2)c(C)c1Cl. The zero-order valence-corrected chi connectivity index (χ0v) is 9.80. The molecule has 0 unspecified atom stereocenters. The van der Waals surface area contributed by atoms with E-state index in [0.29, 0.717) is 22.6 Å². The molecule has 0 bridgehead atoms. The van der Waals surface area contributed by atoms with Crippen LogP contribution in [-0.4, -0.2) is 14.8 Å². The molecule has 0 saturated carbocycles. The largest absolute Gasteiger partial charge is 0.430 e. The maximum atomic E-state index is 6.01. The van der Waals surface area contributed by atoms with E-state index in [9.17, 15) is 0 Å². The molecule has 2 heterocycles. The second-order valence-corrected chi connectivity index (χ2v) is 3.80. The van der Waals surface area contributed by atoms with E-state index in [-0.39, 0.29) is 0 Å². The molecule has 0 N–H and O–H groups in total. The predicted molar refractivity (Wildman–Crippen MR) is 57.7 cm³/mol. The van der Waals surface area contributed by atoms with Crippen molar-refractivity contribution in [2.75, 3.05) is 0 Å². The highest BCUT2D eigenvalue weighted by Gasteiger charge is 2.14. The Morgan fingerprint density at radius 3 is 2.67 bits per heavy atom. The average molecular weight is 246 g/mol. The molecule has 0 atom stereocenters. The Balaban J connectivity index is 2.49. The maximum absolute atomic E-state index is 6.01. The number of halogens is 2. The van der Waals surface area contributed by atoms with Gasteiger partial charge in [-0.15, -0.1) is 11.6 Å². The average Bonchev–Trinajstić information content (AvgIpc) is 2.79. The Bertz CT molecular complexity index is 490. The quantitative estimate of drug-likeness (QED) is 0.765. The number of hydrogen-bond donors (Lipinski definition) is 0. The summed E-state index contributed by atoms with van der Waals surface area (Å²) < 4.78 is 6.80. The molecule has 0 aliphatic rings. The molecule has 80 valence electrons. The minimum absolute atomic E-state index is 0.316. The smallest absolute Gasteiger partial charge is 0.323 e. The van der Waals surface area contributed by atoms with E-state index in [1.807, 2.05) is 13.8 Å². The van der Waals surface area contributed by atoms with Gasteiger partial charge < -0.3 is 4.42 Å². The van der Waals surface area contributed by atoms with Gasteiger partial charge in [0.05, 0.1) is 28.0 Å². The summed E-state index contributed by atoms with van der Waals surface area (Å²) in [5, 5.41) is 4.84. The lowest BCUT2D eigenvalue weighted by atomic mass is 10.4. The first-order chi connectivity index (χ1) is 7.13. The van der Waals surface area contributed by atoms with Gasteiger partial charge >= 0.3 is 6.01 Å². The standard InChI is InChI=1S/C9H9Cl2N3O/c1-5-8(11)6(2)14(13-5)9-12-7(3-10)4-15-9/h4H,3H2,1-2H3. The van der Waals surface area contributed by atoms with Crippen molar-refractivity contribution >= 4 is 23.2 Å². The predicted octanol–water partition coefficient (Wildman–Crippen LogP) is 2.87. The van der Waals surface area contributed by atoms with Crippen molar-refractivity contribution in [2.24, 2.45) is 0 Å². The fourth-order valence-corrected chi connectivity index (χ4v) is 1.51. The molecular weight excluding hydrogens is 237 g/mol. The number of alkyl halides is 1. The van der Waals surface area contributed by atoms with Gasteiger partial charge in [0.2, 0.25) is 0 Å². The van der Waals surface area contributed by atoms with Crippen LogP contribution in [0.3, 0.4) is 0 Å². The second-order valence-electron chi connectivity index (χ2n) is 3.15. The van der Waals surface area contributed by atoms with Crippen LogP contribution in [0, 0.1) is 13.8 Å². The van der Waals surface area contributed by atoms with Crippen LogP contribution in [0.15, 0.2) is 10.7 Å². The van der Waals surface area contributed by atoms with Gasteiger partial charge in [-0.3, -0.25) is 0 Å². The van der Waals surface area contributed by atoms with Crippen molar-refractivity contribution < 1.29 is 4.42 Å². The fraction of sp³-hybridized carbons (Fsp3) is 0.333. The zero-order valence-electron chi connectivity index (χ0n) is 8.29. The minimum Gasteiger partial charge on any atom is -0.430 e. The van der Waals surface area contributed by atoms with Gasteiger partial charge in [0.15, 0.2) is 0 Å². The number of oxazole rings is 1. The molecule has 6 heteroatoms. The number of aromatic nitrogens is 3. The van der Waals surface area contributed by atoms with E-state index in [1.165, 1.54) is 6.26 Å². The summed E-state index contributed by atoms with van der Waals surface area (Å²) in [6, 6.07) is 0.387. The Hall–Kier alpha value is -1.00. The lowest BCUT2D eigenvalue weighted by Crippen LogP contribution is -1.99. The van der Waals surface area contributed by atoms with E-state index >= 15 is 0 Å². The topological polar surface area (TPSA) is 43.9 Å². The molecular formula is C9H9Cl2N3O. The van der Waals surface area contributed by atoms with Crippen molar-refractivity contribution in [3.8, 4) is 6.01 Å².